The Morgan fingerprint density at radius 3 is 2.50 bits per heavy atom. The normalized spacial score (nSPS) is 11.3. The summed E-state index contributed by atoms with van der Waals surface area (Å²) in [6.45, 7) is 0.183. The number of nitrogens with one attached hydrogen (secondary N) is 1. The smallest absolute Gasteiger partial charge is 0.349 e. The number of ether oxygens (including phenoxy) is 2. The van der Waals surface area contributed by atoms with Gasteiger partial charge in [0.05, 0.1) is 18.6 Å². The zero-order valence-corrected chi connectivity index (χ0v) is 15.4. The highest BCUT2D eigenvalue weighted by molar-refractivity contribution is 7.89. The molecule has 0 aliphatic carbocycles. The summed E-state index contributed by atoms with van der Waals surface area (Å²) in [5.74, 6) is -0.00241. The van der Waals surface area contributed by atoms with Crippen LogP contribution in [0.25, 0.3) is 0 Å². The highest BCUT2D eigenvalue weighted by Gasteiger charge is 2.26. The Balaban J connectivity index is 2.07. The SMILES string of the molecule is COC(=O)c1sc(Cl)cc1S(=O)(=O)NCCc1ccc(OC)cc1. The number of esters is 1. The summed E-state index contributed by atoms with van der Waals surface area (Å²) in [4.78, 5) is 11.5. The van der Waals surface area contributed by atoms with Crippen LogP contribution >= 0.6 is 22.9 Å². The average molecular weight is 390 g/mol. The molecule has 0 amide bonds. The van der Waals surface area contributed by atoms with Crippen molar-refractivity contribution in [1.82, 2.24) is 4.72 Å². The highest BCUT2D eigenvalue weighted by atomic mass is 35.5. The minimum atomic E-state index is -3.86. The lowest BCUT2D eigenvalue weighted by Crippen LogP contribution is -2.27. The molecule has 2 rings (SSSR count). The van der Waals surface area contributed by atoms with Crippen LogP contribution in [0.5, 0.6) is 5.75 Å². The molecule has 0 unspecified atom stereocenters. The maximum Gasteiger partial charge on any atom is 0.349 e. The molecule has 0 aliphatic heterocycles. The van der Waals surface area contributed by atoms with Gasteiger partial charge in [0.25, 0.3) is 0 Å². The maximum atomic E-state index is 12.4. The minimum Gasteiger partial charge on any atom is -0.497 e. The van der Waals surface area contributed by atoms with E-state index in [-0.39, 0.29) is 20.7 Å². The second-order valence-corrected chi connectivity index (χ2v) is 8.15. The van der Waals surface area contributed by atoms with Gasteiger partial charge in [-0.05, 0) is 30.2 Å². The van der Waals surface area contributed by atoms with Crippen LogP contribution in [0.1, 0.15) is 15.2 Å². The van der Waals surface area contributed by atoms with Crippen LogP contribution in [0.3, 0.4) is 0 Å². The second-order valence-electron chi connectivity index (χ2n) is 4.73. The number of hydrogen-bond acceptors (Lipinski definition) is 6. The van der Waals surface area contributed by atoms with Gasteiger partial charge >= 0.3 is 5.97 Å². The standard InChI is InChI=1S/C15H16ClNO5S2/c1-21-11-5-3-10(4-6-11)7-8-17-24(19,20)12-9-13(16)23-14(12)15(18)22-2/h3-6,9,17H,7-8H2,1-2H3. The summed E-state index contributed by atoms with van der Waals surface area (Å²) in [5.41, 5.74) is 0.954. The van der Waals surface area contributed by atoms with E-state index in [2.05, 4.69) is 9.46 Å². The molecule has 130 valence electrons. The number of rotatable bonds is 7. The van der Waals surface area contributed by atoms with Crippen molar-refractivity contribution in [3.63, 3.8) is 0 Å². The molecule has 1 N–H and O–H groups in total. The summed E-state index contributed by atoms with van der Waals surface area (Å²) < 4.78 is 37.1. The Bertz CT molecular complexity index is 815. The lowest BCUT2D eigenvalue weighted by Gasteiger charge is -2.07. The lowest BCUT2D eigenvalue weighted by atomic mass is 10.1. The highest BCUT2D eigenvalue weighted by Crippen LogP contribution is 2.30. The third-order valence-electron chi connectivity index (χ3n) is 3.19. The number of benzene rings is 1. The molecule has 2 aromatic rings. The number of sulfonamides is 1. The molecule has 0 spiro atoms. The van der Waals surface area contributed by atoms with E-state index in [0.717, 1.165) is 22.6 Å². The van der Waals surface area contributed by atoms with Gasteiger partial charge in [-0.1, -0.05) is 23.7 Å². The first kappa shape index (κ1) is 18.7. The zero-order chi connectivity index (χ0) is 17.7. The second kappa shape index (κ2) is 7.98. The van der Waals surface area contributed by atoms with Crippen molar-refractivity contribution in [1.29, 1.82) is 0 Å². The topological polar surface area (TPSA) is 81.7 Å². The van der Waals surface area contributed by atoms with Crippen LogP contribution in [-0.2, 0) is 21.2 Å². The molecule has 1 aromatic heterocycles. The van der Waals surface area contributed by atoms with E-state index in [4.69, 9.17) is 16.3 Å². The fourth-order valence-corrected chi connectivity index (χ4v) is 4.74. The van der Waals surface area contributed by atoms with Crippen LogP contribution in [0.2, 0.25) is 4.34 Å². The molecule has 1 heterocycles. The number of halogens is 1. The molecule has 0 saturated carbocycles. The van der Waals surface area contributed by atoms with E-state index < -0.39 is 16.0 Å². The Kier molecular flexibility index (Phi) is 6.22. The molecule has 0 aliphatic rings. The number of thiophene rings is 1. The van der Waals surface area contributed by atoms with E-state index in [1.807, 2.05) is 12.1 Å². The Labute approximate surface area is 149 Å². The molecular formula is C15H16ClNO5S2. The van der Waals surface area contributed by atoms with Gasteiger partial charge in [0, 0.05) is 6.54 Å². The van der Waals surface area contributed by atoms with E-state index in [9.17, 15) is 13.2 Å². The third kappa shape index (κ3) is 4.47. The first-order valence-corrected chi connectivity index (χ1v) is 9.55. The molecule has 0 fully saturated rings. The lowest BCUT2D eigenvalue weighted by molar-refractivity contribution is 0.0602. The van der Waals surface area contributed by atoms with Crippen LogP contribution in [0.4, 0.5) is 0 Å². The summed E-state index contributed by atoms with van der Waals surface area (Å²) in [7, 11) is -1.10. The van der Waals surface area contributed by atoms with Gasteiger partial charge < -0.3 is 9.47 Å². The largest absolute Gasteiger partial charge is 0.497 e. The summed E-state index contributed by atoms with van der Waals surface area (Å²) in [6.07, 6.45) is 0.495. The zero-order valence-electron chi connectivity index (χ0n) is 13.0. The molecule has 0 atom stereocenters. The van der Waals surface area contributed by atoms with Gasteiger partial charge in [-0.2, -0.15) is 0 Å². The van der Waals surface area contributed by atoms with Gasteiger partial charge in [-0.25, -0.2) is 17.9 Å². The van der Waals surface area contributed by atoms with Gasteiger partial charge in [0.2, 0.25) is 10.0 Å². The monoisotopic (exact) mass is 389 g/mol. The molecule has 0 saturated heterocycles. The number of hydrogen-bond donors (Lipinski definition) is 1. The summed E-state index contributed by atoms with van der Waals surface area (Å²) in [5, 5.41) is 0. The fraction of sp³-hybridized carbons (Fsp3) is 0.267. The van der Waals surface area contributed by atoms with Crippen molar-refractivity contribution in [3.8, 4) is 5.75 Å². The molecule has 9 heteroatoms. The summed E-state index contributed by atoms with van der Waals surface area (Å²) in [6, 6.07) is 8.56. The van der Waals surface area contributed by atoms with E-state index in [1.165, 1.54) is 13.2 Å². The number of carbonyl (C=O) groups excluding carboxylic acids is 1. The van der Waals surface area contributed by atoms with Crippen LogP contribution < -0.4 is 9.46 Å². The molecule has 24 heavy (non-hydrogen) atoms. The number of methoxy groups -OCH3 is 2. The van der Waals surface area contributed by atoms with Crippen LogP contribution in [-0.4, -0.2) is 35.2 Å². The Morgan fingerprint density at radius 1 is 1.25 bits per heavy atom. The van der Waals surface area contributed by atoms with E-state index >= 15 is 0 Å². The minimum absolute atomic E-state index is 0.0422. The van der Waals surface area contributed by atoms with Gasteiger partial charge in [-0.15, -0.1) is 11.3 Å². The average Bonchev–Trinajstić information content (AvgIpc) is 2.97. The predicted molar refractivity (Wildman–Crippen MR) is 92.6 cm³/mol. The summed E-state index contributed by atoms with van der Waals surface area (Å²) >= 11 is 6.70. The van der Waals surface area contributed by atoms with Crippen molar-refractivity contribution >= 4 is 38.9 Å². The van der Waals surface area contributed by atoms with E-state index in [0.29, 0.717) is 6.42 Å². The molecule has 1 aromatic carbocycles. The molecule has 0 bridgehead atoms. The molecular weight excluding hydrogens is 374 g/mol. The van der Waals surface area contributed by atoms with Gasteiger partial charge in [0.15, 0.2) is 0 Å². The van der Waals surface area contributed by atoms with Crippen molar-refractivity contribution in [2.45, 2.75) is 11.3 Å². The maximum absolute atomic E-state index is 12.4. The predicted octanol–water partition coefficient (Wildman–Crippen LogP) is 2.72. The van der Waals surface area contributed by atoms with Gasteiger partial charge in [-0.3, -0.25) is 0 Å². The van der Waals surface area contributed by atoms with Crippen molar-refractivity contribution < 1.29 is 22.7 Å². The van der Waals surface area contributed by atoms with Crippen molar-refractivity contribution in [2.75, 3.05) is 20.8 Å². The third-order valence-corrected chi connectivity index (χ3v) is 6.05. The number of carbonyl (C=O) groups is 1. The van der Waals surface area contributed by atoms with Crippen LogP contribution in [0.15, 0.2) is 35.2 Å². The Morgan fingerprint density at radius 2 is 1.92 bits per heavy atom. The van der Waals surface area contributed by atoms with Crippen molar-refractivity contribution in [2.24, 2.45) is 0 Å². The first-order valence-electron chi connectivity index (χ1n) is 6.87. The van der Waals surface area contributed by atoms with Crippen LogP contribution in [0, 0.1) is 0 Å². The molecule has 6 nitrogen and oxygen atoms in total. The quantitative estimate of drug-likeness (QED) is 0.736. The molecule has 0 radical (unpaired) electrons. The van der Waals surface area contributed by atoms with Gasteiger partial charge in [0.1, 0.15) is 15.5 Å². The van der Waals surface area contributed by atoms with Crippen molar-refractivity contribution in [3.05, 3.63) is 45.1 Å². The van der Waals surface area contributed by atoms with E-state index in [1.54, 1.807) is 19.2 Å². The first-order chi connectivity index (χ1) is 11.4. The fourth-order valence-electron chi connectivity index (χ4n) is 1.98. The Hall–Kier alpha value is -1.61.